The highest BCUT2D eigenvalue weighted by atomic mass is 28.2. The maximum Gasteiger partial charge on any atom is 0.0538 e. The maximum absolute atomic E-state index is 2.51. The van der Waals surface area contributed by atoms with E-state index in [-0.39, 0.29) is 0 Å². The van der Waals surface area contributed by atoms with Crippen LogP contribution in [-0.4, -0.2) is 9.52 Å². The fraction of sp³-hybridized carbons (Fsp3) is 0.241. The van der Waals surface area contributed by atoms with E-state index in [4.69, 9.17) is 0 Å². The highest BCUT2D eigenvalue weighted by Gasteiger charge is 2.36. The Morgan fingerprint density at radius 1 is 0.667 bits per heavy atom. The van der Waals surface area contributed by atoms with Crippen LogP contribution in [0, 0.1) is 17.8 Å². The molecule has 2 aliphatic carbocycles. The number of hydrogen-bond donors (Lipinski definition) is 0. The van der Waals surface area contributed by atoms with Crippen molar-refractivity contribution < 1.29 is 0 Å². The van der Waals surface area contributed by atoms with Gasteiger partial charge in [0.05, 0.1) is 9.52 Å². The number of benzene rings is 4. The van der Waals surface area contributed by atoms with E-state index < -0.39 is 0 Å². The average molecular weight is 403 g/mol. The lowest BCUT2D eigenvalue weighted by Crippen LogP contribution is -2.17. The molecule has 0 N–H and O–H groups in total. The van der Waals surface area contributed by atoms with Crippen molar-refractivity contribution in [3.05, 3.63) is 108 Å². The fourth-order valence-corrected chi connectivity index (χ4v) is 7.74. The third-order valence-electron chi connectivity index (χ3n) is 7.27. The van der Waals surface area contributed by atoms with Crippen LogP contribution < -0.4 is 0 Å². The molecule has 0 aromatic heterocycles. The van der Waals surface area contributed by atoms with Crippen LogP contribution in [0.15, 0.2) is 97.1 Å². The van der Waals surface area contributed by atoms with E-state index in [2.05, 4.69) is 97.1 Å². The van der Waals surface area contributed by atoms with E-state index in [0.717, 1.165) is 27.3 Å². The van der Waals surface area contributed by atoms with E-state index in [1.807, 2.05) is 0 Å². The van der Waals surface area contributed by atoms with Crippen LogP contribution >= 0.6 is 0 Å². The summed E-state index contributed by atoms with van der Waals surface area (Å²) in [6.45, 7) is 0. The van der Waals surface area contributed by atoms with Gasteiger partial charge in [-0.25, -0.2) is 0 Å². The summed E-state index contributed by atoms with van der Waals surface area (Å²) in [7, 11) is 0.914. The highest BCUT2D eigenvalue weighted by molar-refractivity contribution is 6.40. The van der Waals surface area contributed by atoms with E-state index >= 15 is 0 Å². The van der Waals surface area contributed by atoms with Crippen LogP contribution in [-0.2, 0) is 0 Å². The molecule has 146 valence electrons. The van der Waals surface area contributed by atoms with Crippen LogP contribution in [0.4, 0.5) is 0 Å². The molecule has 3 unspecified atom stereocenters. The molecule has 2 radical (unpaired) electrons. The van der Waals surface area contributed by atoms with Gasteiger partial charge < -0.3 is 0 Å². The zero-order valence-electron chi connectivity index (χ0n) is 17.2. The molecule has 1 saturated carbocycles. The third kappa shape index (κ3) is 3.13. The first-order valence-electron chi connectivity index (χ1n) is 11.2. The van der Waals surface area contributed by atoms with Gasteiger partial charge in [-0.3, -0.25) is 0 Å². The molecule has 0 nitrogen and oxygen atoms in total. The van der Waals surface area contributed by atoms with Crippen molar-refractivity contribution in [3.8, 4) is 0 Å². The SMILES string of the molecule is C1=CC2CC1CC2C[Si]C(c1cccc2ccccc12)c1cccc2ccccc12. The molecule has 0 aliphatic heterocycles. The van der Waals surface area contributed by atoms with Gasteiger partial charge in [0.1, 0.15) is 0 Å². The molecular weight excluding hydrogens is 376 g/mol. The Balaban J connectivity index is 1.45. The Morgan fingerprint density at radius 3 is 1.83 bits per heavy atom. The average Bonchev–Trinajstić information content (AvgIpc) is 3.43. The highest BCUT2D eigenvalue weighted by Crippen LogP contribution is 2.46. The van der Waals surface area contributed by atoms with E-state index in [1.165, 1.54) is 51.6 Å². The Hall–Kier alpha value is -2.64. The molecule has 4 aromatic rings. The van der Waals surface area contributed by atoms with Gasteiger partial charge in [0.25, 0.3) is 0 Å². The summed E-state index contributed by atoms with van der Waals surface area (Å²) in [6.07, 6.45) is 7.79. The summed E-state index contributed by atoms with van der Waals surface area (Å²) in [5.74, 6) is 2.58. The molecule has 1 fully saturated rings. The van der Waals surface area contributed by atoms with Gasteiger partial charge >= 0.3 is 0 Å². The van der Waals surface area contributed by atoms with Crippen LogP contribution in [0.25, 0.3) is 21.5 Å². The predicted octanol–water partition coefficient (Wildman–Crippen LogP) is 7.42. The fourth-order valence-electron chi connectivity index (χ4n) is 5.79. The number of rotatable bonds is 5. The molecule has 6 rings (SSSR count). The molecule has 30 heavy (non-hydrogen) atoms. The van der Waals surface area contributed by atoms with Crippen molar-refractivity contribution in [2.24, 2.45) is 17.8 Å². The van der Waals surface area contributed by atoms with Gasteiger partial charge in [0.2, 0.25) is 0 Å². The molecule has 1 heteroatoms. The van der Waals surface area contributed by atoms with E-state index in [9.17, 15) is 0 Å². The second-order valence-electron chi connectivity index (χ2n) is 9.02. The van der Waals surface area contributed by atoms with Crippen LogP contribution in [0.2, 0.25) is 6.04 Å². The Bertz CT molecular complexity index is 1150. The van der Waals surface area contributed by atoms with Crippen molar-refractivity contribution in [3.63, 3.8) is 0 Å². The lowest BCUT2D eigenvalue weighted by molar-refractivity contribution is 0.490. The minimum atomic E-state index is 0.463. The molecular formula is C29H26Si. The molecule has 0 saturated heterocycles. The minimum absolute atomic E-state index is 0.463. The molecule has 2 bridgehead atoms. The lowest BCUT2D eigenvalue weighted by Gasteiger charge is -2.24. The first-order valence-corrected chi connectivity index (χ1v) is 12.5. The van der Waals surface area contributed by atoms with Crippen molar-refractivity contribution >= 4 is 31.1 Å². The van der Waals surface area contributed by atoms with Gasteiger partial charge in [-0.1, -0.05) is 103 Å². The molecule has 0 spiro atoms. The quantitative estimate of drug-likeness (QED) is 0.241. The Labute approximate surface area is 181 Å². The number of hydrogen-bond acceptors (Lipinski definition) is 0. The molecule has 4 aromatic carbocycles. The number of allylic oxidation sites excluding steroid dienone is 2. The molecule has 3 atom stereocenters. The van der Waals surface area contributed by atoms with Gasteiger partial charge in [-0.15, -0.1) is 0 Å². The zero-order valence-corrected chi connectivity index (χ0v) is 18.2. The summed E-state index contributed by atoms with van der Waals surface area (Å²) in [5.41, 5.74) is 3.47. The summed E-state index contributed by atoms with van der Waals surface area (Å²) in [4.78, 5) is 0. The molecule has 0 heterocycles. The summed E-state index contributed by atoms with van der Waals surface area (Å²) < 4.78 is 0. The van der Waals surface area contributed by atoms with Gasteiger partial charge in [0.15, 0.2) is 0 Å². The summed E-state index contributed by atoms with van der Waals surface area (Å²) >= 11 is 0. The van der Waals surface area contributed by atoms with Crippen molar-refractivity contribution in [2.45, 2.75) is 24.4 Å². The predicted molar refractivity (Wildman–Crippen MR) is 129 cm³/mol. The monoisotopic (exact) mass is 402 g/mol. The van der Waals surface area contributed by atoms with Gasteiger partial charge in [-0.05, 0) is 63.3 Å². The normalized spacial score (nSPS) is 22.5. The second-order valence-corrected chi connectivity index (χ2v) is 10.4. The standard InChI is InChI=1S/C29H26Si/c1-3-11-25-21(7-1)9-5-13-27(25)29(30-19-24-18-20-15-16-23(24)17-20)28-14-6-10-22-8-2-4-12-26(22)28/h1-16,20,23-24,29H,17-19H2. The first kappa shape index (κ1) is 18.2. The smallest absolute Gasteiger partial charge is 0.0538 e. The summed E-state index contributed by atoms with van der Waals surface area (Å²) in [5, 5.41) is 5.54. The van der Waals surface area contributed by atoms with Crippen LogP contribution in [0.3, 0.4) is 0 Å². The van der Waals surface area contributed by atoms with E-state index in [0.29, 0.717) is 5.54 Å². The Kier molecular flexibility index (Phi) is 4.57. The van der Waals surface area contributed by atoms with Crippen molar-refractivity contribution in [2.75, 3.05) is 0 Å². The summed E-state index contributed by atoms with van der Waals surface area (Å²) in [6, 6.07) is 32.9. The van der Waals surface area contributed by atoms with Crippen molar-refractivity contribution in [1.29, 1.82) is 0 Å². The zero-order chi connectivity index (χ0) is 19.9. The second kappa shape index (κ2) is 7.56. The largest absolute Gasteiger partial charge is 0.0851 e. The third-order valence-corrected chi connectivity index (χ3v) is 9.06. The van der Waals surface area contributed by atoms with Crippen molar-refractivity contribution in [1.82, 2.24) is 0 Å². The van der Waals surface area contributed by atoms with Crippen LogP contribution in [0.5, 0.6) is 0 Å². The van der Waals surface area contributed by atoms with Gasteiger partial charge in [-0.2, -0.15) is 0 Å². The lowest BCUT2D eigenvalue weighted by atomic mass is 9.94. The topological polar surface area (TPSA) is 0 Å². The molecule has 0 amide bonds. The first-order chi connectivity index (χ1) is 14.9. The maximum atomic E-state index is 2.51. The minimum Gasteiger partial charge on any atom is -0.0851 e. The molecule has 2 aliphatic rings. The van der Waals surface area contributed by atoms with E-state index in [1.54, 1.807) is 0 Å². The Morgan fingerprint density at radius 2 is 1.27 bits per heavy atom. The van der Waals surface area contributed by atoms with Crippen LogP contribution in [0.1, 0.15) is 29.5 Å². The van der Waals surface area contributed by atoms with Gasteiger partial charge in [0, 0.05) is 5.54 Å². The number of fused-ring (bicyclic) bond motifs is 4.